The van der Waals surface area contributed by atoms with E-state index in [-0.39, 0.29) is 54.6 Å². The summed E-state index contributed by atoms with van der Waals surface area (Å²) in [6.45, 7) is 17.4. The molecule has 0 aromatic heterocycles. The smallest absolute Gasteiger partial charge is 0.328 e. The Balaban J connectivity index is 2.23. The highest BCUT2D eigenvalue weighted by atomic mass is 16.7. The van der Waals surface area contributed by atoms with Crippen LogP contribution in [0, 0.1) is 29.6 Å². The lowest BCUT2D eigenvalue weighted by molar-refractivity contribution is -0.330. The zero-order chi connectivity index (χ0) is 28.9. The summed E-state index contributed by atoms with van der Waals surface area (Å²) in [7, 11) is 0. The first-order valence-corrected chi connectivity index (χ1v) is 14.4. The molecular formula is C29H53NO8. The fourth-order valence-electron chi connectivity index (χ4n) is 6.31. The normalized spacial score (nSPS) is 39.9. The Hall–Kier alpha value is -1.26. The number of aliphatic hydroxyl groups excluding tert-OH is 3. The first kappa shape index (κ1) is 32.9. The highest BCUT2D eigenvalue weighted by Crippen LogP contribution is 2.39. The number of rotatable bonds is 6. The van der Waals surface area contributed by atoms with Gasteiger partial charge in [-0.15, -0.1) is 0 Å². The fourth-order valence-corrected chi connectivity index (χ4v) is 6.31. The van der Waals surface area contributed by atoms with Crippen molar-refractivity contribution in [2.75, 3.05) is 0 Å². The van der Waals surface area contributed by atoms with Crippen LogP contribution in [0.15, 0.2) is 0 Å². The van der Waals surface area contributed by atoms with Gasteiger partial charge in [-0.05, 0) is 77.0 Å². The van der Waals surface area contributed by atoms with Crippen molar-refractivity contribution >= 4 is 11.9 Å². The fraction of sp³-hybridized carbons (Fsp3) is 0.931. The third kappa shape index (κ3) is 9.44. The lowest BCUT2D eigenvalue weighted by atomic mass is 9.77. The predicted octanol–water partition coefficient (Wildman–Crippen LogP) is 3.17. The van der Waals surface area contributed by atoms with Crippen molar-refractivity contribution in [3.63, 3.8) is 0 Å². The number of carbonyl (C=O) groups excluding carboxylic acids is 2. The zero-order valence-corrected chi connectivity index (χ0v) is 24.8. The Morgan fingerprint density at radius 2 is 1.55 bits per heavy atom. The number of ether oxygens (including phenoxy) is 3. The molecule has 0 saturated carbocycles. The molecule has 4 N–H and O–H groups in total. The summed E-state index contributed by atoms with van der Waals surface area (Å²) >= 11 is 0. The minimum atomic E-state index is -0.981. The molecule has 2 aliphatic rings. The van der Waals surface area contributed by atoms with Crippen LogP contribution in [0.5, 0.6) is 0 Å². The standard InChI is InChI=1S/C29H53NO8/c1-15-10-16(2)26(36-28(35)21(7)30-25(34)14-22(32)13-23(15)33)17(3)11-18(4)27-20(6)24(12-19(5)31)37-29(8,9)38-27/h15-24,26-27,31-33H,10-14H2,1-9H3,(H,30,34)/t15-,16-,17+,18+,19+,20-,21-,22+,23+,24-,26?,27+/m1/s1. The summed E-state index contributed by atoms with van der Waals surface area (Å²) in [4.78, 5) is 25.3. The number of cyclic esters (lactones) is 1. The van der Waals surface area contributed by atoms with Gasteiger partial charge in [0.2, 0.25) is 5.91 Å². The number of esters is 1. The molecule has 0 bridgehead atoms. The van der Waals surface area contributed by atoms with Crippen LogP contribution in [0.3, 0.4) is 0 Å². The Bertz CT molecular complexity index is 774. The van der Waals surface area contributed by atoms with Crippen molar-refractivity contribution in [1.29, 1.82) is 0 Å². The molecule has 0 aromatic rings. The van der Waals surface area contributed by atoms with Crippen molar-refractivity contribution in [2.24, 2.45) is 29.6 Å². The summed E-state index contributed by atoms with van der Waals surface area (Å²) in [6.07, 6.45) is -1.11. The predicted molar refractivity (Wildman–Crippen MR) is 144 cm³/mol. The van der Waals surface area contributed by atoms with Crippen LogP contribution in [-0.4, -0.2) is 75.6 Å². The first-order chi connectivity index (χ1) is 17.5. The van der Waals surface area contributed by atoms with E-state index >= 15 is 0 Å². The summed E-state index contributed by atoms with van der Waals surface area (Å²) in [6, 6.07) is -0.849. The average molecular weight is 544 g/mol. The maximum atomic E-state index is 13.0. The van der Waals surface area contributed by atoms with Gasteiger partial charge in [-0.1, -0.05) is 34.6 Å². The van der Waals surface area contributed by atoms with Gasteiger partial charge in [-0.2, -0.15) is 0 Å². The molecule has 2 fully saturated rings. The molecule has 222 valence electrons. The number of amides is 1. The molecule has 38 heavy (non-hydrogen) atoms. The quantitative estimate of drug-likeness (QED) is 0.375. The minimum absolute atomic E-state index is 0.0242. The van der Waals surface area contributed by atoms with E-state index in [1.807, 2.05) is 27.7 Å². The number of hydrogen-bond donors (Lipinski definition) is 4. The molecule has 2 heterocycles. The second-order valence-corrected chi connectivity index (χ2v) is 12.8. The SMILES string of the molecule is C[C@H]1[C@H]([C@@H](C)C[C@H](C)C2OC(=O)[C@@H](C)NC(=O)C[C@@H](O)C[C@H](O)[C@H](C)C[C@H]2C)OC(C)(C)O[C@@H]1C[C@H](C)O. The molecule has 9 heteroatoms. The van der Waals surface area contributed by atoms with E-state index in [1.54, 1.807) is 13.8 Å². The second kappa shape index (κ2) is 13.9. The molecule has 0 spiro atoms. The van der Waals surface area contributed by atoms with Gasteiger partial charge in [0.25, 0.3) is 0 Å². The van der Waals surface area contributed by atoms with Crippen LogP contribution >= 0.6 is 0 Å². The molecule has 9 nitrogen and oxygen atoms in total. The highest BCUT2D eigenvalue weighted by Gasteiger charge is 2.44. The Morgan fingerprint density at radius 1 is 0.947 bits per heavy atom. The first-order valence-electron chi connectivity index (χ1n) is 14.4. The Kier molecular flexibility index (Phi) is 12.0. The van der Waals surface area contributed by atoms with E-state index in [0.29, 0.717) is 12.8 Å². The van der Waals surface area contributed by atoms with E-state index in [2.05, 4.69) is 26.1 Å². The van der Waals surface area contributed by atoms with Crippen LogP contribution in [0.4, 0.5) is 0 Å². The van der Waals surface area contributed by atoms with Gasteiger partial charge < -0.3 is 34.8 Å². The molecule has 12 atom stereocenters. The van der Waals surface area contributed by atoms with Gasteiger partial charge in [0.05, 0.1) is 36.9 Å². The zero-order valence-electron chi connectivity index (χ0n) is 24.8. The minimum Gasteiger partial charge on any atom is -0.460 e. The van der Waals surface area contributed by atoms with Crippen molar-refractivity contribution < 1.29 is 39.1 Å². The lowest BCUT2D eigenvalue weighted by Crippen LogP contribution is -2.53. The van der Waals surface area contributed by atoms with Crippen molar-refractivity contribution in [3.05, 3.63) is 0 Å². The second-order valence-electron chi connectivity index (χ2n) is 12.8. The molecule has 2 aliphatic heterocycles. The largest absolute Gasteiger partial charge is 0.460 e. The maximum absolute atomic E-state index is 13.0. The molecule has 0 aromatic carbocycles. The number of aliphatic hydroxyl groups is 3. The third-order valence-corrected chi connectivity index (χ3v) is 8.28. The topological polar surface area (TPSA) is 135 Å². The molecule has 0 aliphatic carbocycles. The molecule has 0 radical (unpaired) electrons. The van der Waals surface area contributed by atoms with Gasteiger partial charge in [-0.3, -0.25) is 4.79 Å². The number of carbonyl (C=O) groups is 2. The summed E-state index contributed by atoms with van der Waals surface area (Å²) < 4.78 is 18.6. The van der Waals surface area contributed by atoms with Crippen molar-refractivity contribution in [2.45, 2.75) is 143 Å². The molecule has 2 saturated heterocycles. The van der Waals surface area contributed by atoms with Crippen molar-refractivity contribution in [3.8, 4) is 0 Å². The van der Waals surface area contributed by atoms with E-state index in [4.69, 9.17) is 14.2 Å². The van der Waals surface area contributed by atoms with Crippen LogP contribution in [0.1, 0.15) is 94.4 Å². The number of nitrogens with one attached hydrogen (secondary N) is 1. The van der Waals surface area contributed by atoms with Gasteiger partial charge in [0.1, 0.15) is 12.1 Å². The van der Waals surface area contributed by atoms with E-state index in [1.165, 1.54) is 0 Å². The van der Waals surface area contributed by atoms with Crippen LogP contribution in [0.2, 0.25) is 0 Å². The maximum Gasteiger partial charge on any atom is 0.328 e. The highest BCUT2D eigenvalue weighted by molar-refractivity contribution is 5.84. The van der Waals surface area contributed by atoms with E-state index in [0.717, 1.165) is 6.42 Å². The molecule has 1 unspecified atom stereocenters. The summed E-state index contributed by atoms with van der Waals surface area (Å²) in [5.41, 5.74) is 0. The van der Waals surface area contributed by atoms with Gasteiger partial charge in [0, 0.05) is 5.92 Å². The average Bonchev–Trinajstić information content (AvgIpc) is 2.77. The van der Waals surface area contributed by atoms with Crippen LogP contribution in [0.25, 0.3) is 0 Å². The monoisotopic (exact) mass is 543 g/mol. The molecular weight excluding hydrogens is 490 g/mol. The van der Waals surface area contributed by atoms with E-state index < -0.39 is 48.1 Å². The third-order valence-electron chi connectivity index (χ3n) is 8.28. The van der Waals surface area contributed by atoms with Crippen molar-refractivity contribution in [1.82, 2.24) is 5.32 Å². The lowest BCUT2D eigenvalue weighted by Gasteiger charge is -2.48. The Labute approximate surface area is 229 Å². The van der Waals surface area contributed by atoms with Crippen LogP contribution in [-0.2, 0) is 23.8 Å². The summed E-state index contributed by atoms with van der Waals surface area (Å²) in [5, 5.41) is 33.5. The Morgan fingerprint density at radius 3 is 2.16 bits per heavy atom. The molecule has 2 rings (SSSR count). The van der Waals surface area contributed by atoms with Gasteiger partial charge >= 0.3 is 5.97 Å². The van der Waals surface area contributed by atoms with Crippen LogP contribution < -0.4 is 5.32 Å². The van der Waals surface area contributed by atoms with Gasteiger partial charge in [-0.25, -0.2) is 4.79 Å². The molecule has 1 amide bonds. The van der Waals surface area contributed by atoms with E-state index in [9.17, 15) is 24.9 Å². The summed E-state index contributed by atoms with van der Waals surface area (Å²) in [5.74, 6) is -1.78. The van der Waals surface area contributed by atoms with Gasteiger partial charge in [0.15, 0.2) is 5.79 Å². The number of hydrogen-bond acceptors (Lipinski definition) is 8.